The molecule has 1 aliphatic heterocycles. The van der Waals surface area contributed by atoms with E-state index in [-0.39, 0.29) is 12.5 Å². The van der Waals surface area contributed by atoms with E-state index in [4.69, 9.17) is 9.47 Å². The van der Waals surface area contributed by atoms with Crippen molar-refractivity contribution < 1.29 is 39.8 Å². The molecule has 0 aromatic heterocycles. The van der Waals surface area contributed by atoms with Crippen LogP contribution in [0.25, 0.3) is 0 Å². The maximum Gasteiger partial charge on any atom is 0.220 e. The van der Waals surface area contributed by atoms with E-state index < -0.39 is 49.5 Å². The molecule has 0 aliphatic carbocycles. The van der Waals surface area contributed by atoms with Gasteiger partial charge in [-0.05, 0) is 12.8 Å². The van der Waals surface area contributed by atoms with E-state index in [0.717, 1.165) is 38.5 Å². The fourth-order valence-corrected chi connectivity index (χ4v) is 7.16. The zero-order valence-corrected chi connectivity index (χ0v) is 33.1. The van der Waals surface area contributed by atoms with E-state index in [0.29, 0.717) is 12.8 Å². The lowest BCUT2D eigenvalue weighted by molar-refractivity contribution is -0.302. The predicted molar refractivity (Wildman–Crippen MR) is 208 cm³/mol. The summed E-state index contributed by atoms with van der Waals surface area (Å²) < 4.78 is 11.2. The van der Waals surface area contributed by atoms with E-state index in [2.05, 4.69) is 19.2 Å². The summed E-state index contributed by atoms with van der Waals surface area (Å²) in [6, 6.07) is -0.710. The monoisotopic (exact) mass is 730 g/mol. The average molecular weight is 730 g/mol. The first-order chi connectivity index (χ1) is 24.8. The summed E-state index contributed by atoms with van der Waals surface area (Å²) in [4.78, 5) is 12.9. The number of unbranched alkanes of at least 4 members (excludes halogenated alkanes) is 26. The van der Waals surface area contributed by atoms with Crippen molar-refractivity contribution in [3.8, 4) is 0 Å². The highest BCUT2D eigenvalue weighted by atomic mass is 16.7. The maximum atomic E-state index is 12.9. The van der Waals surface area contributed by atoms with E-state index in [1.807, 2.05) is 0 Å². The van der Waals surface area contributed by atoms with Crippen LogP contribution in [0.1, 0.15) is 206 Å². The normalized spacial score (nSPS) is 21.9. The molecule has 304 valence electrons. The van der Waals surface area contributed by atoms with E-state index >= 15 is 0 Å². The molecule has 1 amide bonds. The molecule has 1 aliphatic rings. The van der Waals surface area contributed by atoms with Crippen LogP contribution in [0.15, 0.2) is 0 Å². The van der Waals surface area contributed by atoms with Gasteiger partial charge < -0.3 is 40.3 Å². The van der Waals surface area contributed by atoms with Gasteiger partial charge in [0, 0.05) is 6.42 Å². The molecule has 51 heavy (non-hydrogen) atoms. The fraction of sp³-hybridized carbons (Fsp3) is 0.976. The molecule has 0 saturated carbocycles. The molecule has 0 aromatic carbocycles. The Labute approximate surface area is 313 Å². The second-order valence-electron chi connectivity index (χ2n) is 15.5. The standard InChI is InChI=1S/C42H83NO8/c1-3-5-7-9-11-13-15-17-18-20-22-24-26-28-30-32-38(46)43-35(34-50-42-41(49)40(48)39(47)37(33-44)51-42)36(45)31-29-27-25-23-21-19-16-14-12-10-8-6-4-2/h35-37,39-42,44-45,47-49H,3-34H2,1-2H3,(H,43,46)/t35-,36+,37+,39-,40-,41+,42-/m0/s1. The molecule has 1 rings (SSSR count). The smallest absolute Gasteiger partial charge is 0.220 e. The van der Waals surface area contributed by atoms with Gasteiger partial charge in [-0.2, -0.15) is 0 Å². The lowest BCUT2D eigenvalue weighted by Gasteiger charge is -2.40. The van der Waals surface area contributed by atoms with Crippen molar-refractivity contribution in [3.05, 3.63) is 0 Å². The van der Waals surface area contributed by atoms with Crippen LogP contribution in [-0.2, 0) is 14.3 Å². The van der Waals surface area contributed by atoms with Gasteiger partial charge in [-0.3, -0.25) is 4.79 Å². The maximum absolute atomic E-state index is 12.9. The first-order valence-corrected chi connectivity index (χ1v) is 21.7. The third-order valence-electron chi connectivity index (χ3n) is 10.7. The summed E-state index contributed by atoms with van der Waals surface area (Å²) in [6.07, 6.45) is 28.2. The molecular weight excluding hydrogens is 646 g/mol. The molecular formula is C42H83NO8. The van der Waals surface area contributed by atoms with Gasteiger partial charge in [0.05, 0.1) is 25.4 Å². The quantitative estimate of drug-likeness (QED) is 0.0353. The zero-order valence-electron chi connectivity index (χ0n) is 33.1. The Balaban J connectivity index is 2.35. The van der Waals surface area contributed by atoms with Gasteiger partial charge in [-0.15, -0.1) is 0 Å². The van der Waals surface area contributed by atoms with Crippen LogP contribution in [0.4, 0.5) is 0 Å². The van der Waals surface area contributed by atoms with Crippen LogP contribution in [-0.4, -0.2) is 87.5 Å². The Morgan fingerprint density at radius 3 is 1.39 bits per heavy atom. The summed E-state index contributed by atoms with van der Waals surface area (Å²) in [7, 11) is 0. The van der Waals surface area contributed by atoms with Gasteiger partial charge in [-0.1, -0.05) is 187 Å². The van der Waals surface area contributed by atoms with E-state index in [1.165, 1.54) is 141 Å². The van der Waals surface area contributed by atoms with Crippen molar-refractivity contribution in [1.82, 2.24) is 5.32 Å². The summed E-state index contributed by atoms with van der Waals surface area (Å²) in [5.41, 5.74) is 0. The van der Waals surface area contributed by atoms with Crippen molar-refractivity contribution in [1.29, 1.82) is 0 Å². The van der Waals surface area contributed by atoms with Crippen LogP contribution in [0.5, 0.6) is 0 Å². The SMILES string of the molecule is CCCCCCCCCCCCCCCCCC(=O)N[C@@H](CO[C@H]1O[C@H](CO)[C@H](O)[C@H](O)[C@H]1O)[C@H](O)CCCCCCCCCCCCCCC. The number of carbonyl (C=O) groups is 1. The number of nitrogens with one attached hydrogen (secondary N) is 1. The number of hydrogen-bond donors (Lipinski definition) is 6. The Morgan fingerprint density at radius 1 is 0.588 bits per heavy atom. The van der Waals surface area contributed by atoms with Gasteiger partial charge >= 0.3 is 0 Å². The summed E-state index contributed by atoms with van der Waals surface area (Å²) in [5.74, 6) is -0.142. The Hall–Kier alpha value is -0.810. The molecule has 9 nitrogen and oxygen atoms in total. The zero-order chi connectivity index (χ0) is 37.4. The van der Waals surface area contributed by atoms with Crippen LogP contribution < -0.4 is 5.32 Å². The van der Waals surface area contributed by atoms with Crippen molar-refractivity contribution >= 4 is 5.91 Å². The van der Waals surface area contributed by atoms with Gasteiger partial charge in [0.25, 0.3) is 0 Å². The lowest BCUT2D eigenvalue weighted by atomic mass is 9.99. The first-order valence-electron chi connectivity index (χ1n) is 21.7. The van der Waals surface area contributed by atoms with E-state index in [1.54, 1.807) is 0 Å². The Morgan fingerprint density at radius 2 is 0.980 bits per heavy atom. The minimum Gasteiger partial charge on any atom is -0.394 e. The second kappa shape index (κ2) is 33.7. The second-order valence-corrected chi connectivity index (χ2v) is 15.5. The van der Waals surface area contributed by atoms with Crippen LogP contribution in [0.2, 0.25) is 0 Å². The highest BCUT2D eigenvalue weighted by Crippen LogP contribution is 2.23. The van der Waals surface area contributed by atoms with Gasteiger partial charge in [-0.25, -0.2) is 0 Å². The first kappa shape index (κ1) is 48.2. The molecule has 1 saturated heterocycles. The van der Waals surface area contributed by atoms with Gasteiger partial charge in [0.15, 0.2) is 6.29 Å². The minimum atomic E-state index is -1.55. The average Bonchev–Trinajstić information content (AvgIpc) is 3.13. The van der Waals surface area contributed by atoms with Crippen LogP contribution >= 0.6 is 0 Å². The third kappa shape index (κ3) is 25.0. The van der Waals surface area contributed by atoms with Crippen molar-refractivity contribution in [2.75, 3.05) is 13.2 Å². The van der Waals surface area contributed by atoms with Crippen LogP contribution in [0.3, 0.4) is 0 Å². The van der Waals surface area contributed by atoms with Gasteiger partial charge in [0.1, 0.15) is 24.4 Å². The summed E-state index contributed by atoms with van der Waals surface area (Å²) >= 11 is 0. The molecule has 6 N–H and O–H groups in total. The fourth-order valence-electron chi connectivity index (χ4n) is 7.16. The van der Waals surface area contributed by atoms with Crippen LogP contribution in [0, 0.1) is 0 Å². The van der Waals surface area contributed by atoms with Gasteiger partial charge in [0.2, 0.25) is 5.91 Å². The highest BCUT2D eigenvalue weighted by molar-refractivity contribution is 5.76. The molecule has 0 bridgehead atoms. The van der Waals surface area contributed by atoms with E-state index in [9.17, 15) is 30.3 Å². The molecule has 0 spiro atoms. The molecule has 0 radical (unpaired) electrons. The minimum absolute atomic E-state index is 0.132. The summed E-state index contributed by atoms with van der Waals surface area (Å²) in [6.45, 7) is 3.83. The third-order valence-corrected chi connectivity index (χ3v) is 10.7. The molecule has 7 atom stereocenters. The largest absolute Gasteiger partial charge is 0.394 e. The predicted octanol–water partition coefficient (Wildman–Crippen LogP) is 8.39. The summed E-state index contributed by atoms with van der Waals surface area (Å²) in [5, 5.41) is 54.2. The topological polar surface area (TPSA) is 149 Å². The number of aliphatic hydroxyl groups excluding tert-OH is 5. The molecule has 1 fully saturated rings. The van der Waals surface area contributed by atoms with Crippen molar-refractivity contribution in [3.63, 3.8) is 0 Å². The van der Waals surface area contributed by atoms with Crippen molar-refractivity contribution in [2.24, 2.45) is 0 Å². The lowest BCUT2D eigenvalue weighted by Crippen LogP contribution is -2.60. The number of amides is 1. The number of hydrogen-bond acceptors (Lipinski definition) is 8. The number of ether oxygens (including phenoxy) is 2. The molecule has 9 heteroatoms. The number of carbonyl (C=O) groups excluding carboxylic acids is 1. The van der Waals surface area contributed by atoms with Crippen molar-refractivity contribution in [2.45, 2.75) is 249 Å². The molecule has 0 aromatic rings. The number of rotatable bonds is 36. The Bertz CT molecular complexity index is 771. The highest BCUT2D eigenvalue weighted by Gasteiger charge is 2.44. The molecule has 1 heterocycles. The number of aliphatic hydroxyl groups is 5. The molecule has 0 unspecified atom stereocenters. The Kier molecular flexibility index (Phi) is 31.9.